The van der Waals surface area contributed by atoms with Crippen LogP contribution in [0.4, 0.5) is 5.69 Å². The summed E-state index contributed by atoms with van der Waals surface area (Å²) in [7, 11) is 0. The first-order chi connectivity index (χ1) is 13.1. The number of H-pyrrole nitrogens is 1. The number of carbonyl (C=O) groups is 1. The normalized spacial score (nSPS) is 10.7. The zero-order valence-electron chi connectivity index (χ0n) is 14.1. The molecule has 0 saturated heterocycles. The first-order valence-electron chi connectivity index (χ1n) is 8.26. The Morgan fingerprint density at radius 2 is 1.59 bits per heavy atom. The zero-order valence-corrected chi connectivity index (χ0v) is 14.1. The Labute approximate surface area is 154 Å². The Bertz CT molecular complexity index is 1140. The van der Waals surface area contributed by atoms with Crippen LogP contribution in [0.25, 0.3) is 22.2 Å². The molecule has 0 radical (unpaired) electrons. The van der Waals surface area contributed by atoms with E-state index in [0.717, 1.165) is 5.56 Å². The van der Waals surface area contributed by atoms with E-state index in [2.05, 4.69) is 4.98 Å². The minimum Gasteiger partial charge on any atom is -0.420 e. The van der Waals surface area contributed by atoms with E-state index >= 15 is 0 Å². The number of hydrogen-bond donors (Lipinski definition) is 1. The summed E-state index contributed by atoms with van der Waals surface area (Å²) in [4.78, 5) is 26.3. The molecule has 27 heavy (non-hydrogen) atoms. The highest BCUT2D eigenvalue weighted by atomic mass is 16.6. The summed E-state index contributed by atoms with van der Waals surface area (Å²) in [5.41, 5.74) is 2.32. The van der Waals surface area contributed by atoms with E-state index in [-0.39, 0.29) is 5.69 Å². The lowest BCUT2D eigenvalue weighted by Crippen LogP contribution is -2.08. The number of fused-ring (bicyclic) bond motifs is 1. The van der Waals surface area contributed by atoms with Gasteiger partial charge in [0.15, 0.2) is 5.75 Å². The van der Waals surface area contributed by atoms with Crippen LogP contribution in [0, 0.1) is 10.1 Å². The molecule has 0 bridgehead atoms. The first-order valence-corrected chi connectivity index (χ1v) is 8.26. The van der Waals surface area contributed by atoms with Crippen LogP contribution in [-0.2, 0) is 0 Å². The molecule has 1 N–H and O–H groups in total. The summed E-state index contributed by atoms with van der Waals surface area (Å²) in [5, 5.41) is 11.7. The van der Waals surface area contributed by atoms with Crippen LogP contribution < -0.4 is 4.74 Å². The molecule has 4 aromatic rings. The van der Waals surface area contributed by atoms with Gasteiger partial charge in [-0.2, -0.15) is 0 Å². The van der Waals surface area contributed by atoms with Crippen molar-refractivity contribution in [3.63, 3.8) is 0 Å². The number of hydrogen-bond acceptors (Lipinski definition) is 4. The second kappa shape index (κ2) is 6.76. The van der Waals surface area contributed by atoms with Gasteiger partial charge in [-0.15, -0.1) is 0 Å². The number of non-ortho nitro benzene ring substituents is 1. The van der Waals surface area contributed by atoms with Gasteiger partial charge >= 0.3 is 5.97 Å². The van der Waals surface area contributed by atoms with Crippen LogP contribution >= 0.6 is 0 Å². The highest BCUT2D eigenvalue weighted by Crippen LogP contribution is 2.38. The number of nitro groups is 1. The molecule has 0 spiro atoms. The number of carbonyl (C=O) groups excluding carboxylic acids is 1. The maximum Gasteiger partial charge on any atom is 0.343 e. The highest BCUT2D eigenvalue weighted by molar-refractivity contribution is 6.00. The molecule has 0 atom stereocenters. The predicted octanol–water partition coefficient (Wildman–Crippen LogP) is 4.96. The Hall–Kier alpha value is -3.93. The van der Waals surface area contributed by atoms with Crippen molar-refractivity contribution in [2.75, 3.05) is 0 Å². The largest absolute Gasteiger partial charge is 0.420 e. The summed E-state index contributed by atoms with van der Waals surface area (Å²) in [6.07, 6.45) is 0. The molecular formula is C21H14N2O4. The molecule has 6 nitrogen and oxygen atoms in total. The summed E-state index contributed by atoms with van der Waals surface area (Å²) >= 11 is 0. The van der Waals surface area contributed by atoms with Crippen LogP contribution in [0.3, 0.4) is 0 Å². The Morgan fingerprint density at radius 1 is 0.926 bits per heavy atom. The molecule has 0 aliphatic rings. The average Bonchev–Trinajstić information content (AvgIpc) is 3.07. The van der Waals surface area contributed by atoms with Crippen molar-refractivity contribution >= 4 is 22.6 Å². The summed E-state index contributed by atoms with van der Waals surface area (Å²) in [5.74, 6) is -0.146. The lowest BCUT2D eigenvalue weighted by molar-refractivity contribution is -0.384. The van der Waals surface area contributed by atoms with Gasteiger partial charge in [0.25, 0.3) is 5.69 Å². The van der Waals surface area contributed by atoms with Crippen molar-refractivity contribution in [1.29, 1.82) is 0 Å². The van der Waals surface area contributed by atoms with E-state index in [0.29, 0.717) is 27.9 Å². The SMILES string of the molecule is O=C(Oc1c(-c2ccccc2)[nH]c2cc([N+](=O)[O-])ccc12)c1ccccc1. The monoisotopic (exact) mass is 358 g/mol. The van der Waals surface area contributed by atoms with Gasteiger partial charge in [0.05, 0.1) is 21.7 Å². The molecule has 3 aromatic carbocycles. The number of rotatable bonds is 4. The van der Waals surface area contributed by atoms with Crippen LogP contribution in [0.15, 0.2) is 78.9 Å². The van der Waals surface area contributed by atoms with E-state index in [9.17, 15) is 14.9 Å². The van der Waals surface area contributed by atoms with Gasteiger partial charge < -0.3 is 9.72 Å². The third-order valence-electron chi connectivity index (χ3n) is 4.21. The topological polar surface area (TPSA) is 85.2 Å². The maximum absolute atomic E-state index is 12.6. The molecule has 1 heterocycles. The second-order valence-electron chi connectivity index (χ2n) is 5.94. The molecule has 4 rings (SSSR count). The van der Waals surface area contributed by atoms with Crippen molar-refractivity contribution in [3.8, 4) is 17.0 Å². The van der Waals surface area contributed by atoms with Gasteiger partial charge in [0.2, 0.25) is 0 Å². The number of nitro benzene ring substituents is 1. The Morgan fingerprint density at radius 3 is 2.26 bits per heavy atom. The summed E-state index contributed by atoms with van der Waals surface area (Å²) in [6, 6.07) is 22.4. The lowest BCUT2D eigenvalue weighted by atomic mass is 10.1. The Balaban J connectivity index is 1.86. The van der Waals surface area contributed by atoms with Gasteiger partial charge in [-0.05, 0) is 18.2 Å². The minimum absolute atomic E-state index is 0.0377. The van der Waals surface area contributed by atoms with Gasteiger partial charge in [-0.25, -0.2) is 4.79 Å². The predicted molar refractivity (Wildman–Crippen MR) is 102 cm³/mol. The fraction of sp³-hybridized carbons (Fsp3) is 0. The average molecular weight is 358 g/mol. The molecule has 0 aliphatic heterocycles. The van der Waals surface area contributed by atoms with Crippen LogP contribution in [-0.4, -0.2) is 15.9 Å². The third kappa shape index (κ3) is 3.16. The number of nitrogens with zero attached hydrogens (tertiary/aromatic N) is 1. The lowest BCUT2D eigenvalue weighted by Gasteiger charge is -2.07. The molecule has 0 aliphatic carbocycles. The molecule has 6 heteroatoms. The molecule has 132 valence electrons. The first kappa shape index (κ1) is 16.5. The van der Waals surface area contributed by atoms with E-state index in [1.807, 2.05) is 36.4 Å². The fourth-order valence-electron chi connectivity index (χ4n) is 2.91. The maximum atomic E-state index is 12.6. The molecule has 0 amide bonds. The highest BCUT2D eigenvalue weighted by Gasteiger charge is 2.20. The molecule has 0 saturated carbocycles. The summed E-state index contributed by atoms with van der Waals surface area (Å²) < 4.78 is 5.70. The molecule has 0 fully saturated rings. The van der Waals surface area contributed by atoms with E-state index in [1.165, 1.54) is 12.1 Å². The van der Waals surface area contributed by atoms with E-state index in [4.69, 9.17) is 4.74 Å². The van der Waals surface area contributed by atoms with Gasteiger partial charge in [0, 0.05) is 23.1 Å². The number of nitrogens with one attached hydrogen (secondary N) is 1. The van der Waals surface area contributed by atoms with Gasteiger partial charge in [-0.3, -0.25) is 10.1 Å². The number of esters is 1. The van der Waals surface area contributed by atoms with Gasteiger partial charge in [-0.1, -0.05) is 48.5 Å². The Kier molecular flexibility index (Phi) is 4.14. The standard InChI is InChI=1S/C21H14N2O4/c24-21(15-9-5-2-6-10-15)27-20-17-12-11-16(23(25)26)13-18(17)22-19(20)14-7-3-1-4-8-14/h1-13,22H. The smallest absolute Gasteiger partial charge is 0.343 e. The van der Waals surface area contributed by atoms with Crippen LogP contribution in [0.5, 0.6) is 5.75 Å². The number of benzene rings is 3. The fourth-order valence-corrected chi connectivity index (χ4v) is 2.91. The second-order valence-corrected chi connectivity index (χ2v) is 5.94. The number of aromatic amines is 1. The molecular weight excluding hydrogens is 344 g/mol. The van der Waals surface area contributed by atoms with Crippen molar-refractivity contribution in [1.82, 2.24) is 4.98 Å². The number of ether oxygens (including phenoxy) is 1. The number of aromatic nitrogens is 1. The van der Waals surface area contributed by atoms with Gasteiger partial charge in [0.1, 0.15) is 0 Å². The molecule has 0 unspecified atom stereocenters. The minimum atomic E-state index is -0.493. The van der Waals surface area contributed by atoms with E-state index in [1.54, 1.807) is 30.3 Å². The zero-order chi connectivity index (χ0) is 18.8. The van der Waals surface area contributed by atoms with Crippen molar-refractivity contribution in [3.05, 3.63) is 94.5 Å². The van der Waals surface area contributed by atoms with Crippen molar-refractivity contribution in [2.45, 2.75) is 0 Å². The van der Waals surface area contributed by atoms with Crippen molar-refractivity contribution < 1.29 is 14.5 Å². The van der Waals surface area contributed by atoms with E-state index < -0.39 is 10.9 Å². The molecule has 1 aromatic heterocycles. The third-order valence-corrected chi connectivity index (χ3v) is 4.21. The van der Waals surface area contributed by atoms with Crippen LogP contribution in [0.2, 0.25) is 0 Å². The quantitative estimate of drug-likeness (QED) is 0.317. The van der Waals surface area contributed by atoms with Crippen LogP contribution in [0.1, 0.15) is 10.4 Å². The summed E-state index contributed by atoms with van der Waals surface area (Å²) in [6.45, 7) is 0. The van der Waals surface area contributed by atoms with Crippen molar-refractivity contribution in [2.24, 2.45) is 0 Å².